The van der Waals surface area contributed by atoms with Gasteiger partial charge in [0.15, 0.2) is 0 Å². The minimum Gasteiger partial charge on any atom is -0.356 e. The van der Waals surface area contributed by atoms with E-state index < -0.39 is 5.41 Å². The zero-order valence-electron chi connectivity index (χ0n) is 16.6. The Balaban J connectivity index is 1.65. The standard InChI is InChI=1S/C21H31N3O3/c1-21(2,3)20(27)22-13-7-10-18(25)24-14-11-17(12-15-24)23-19(26)16-8-5-4-6-9-16/h4-6,8-9,17H,7,10-15H2,1-3H3,(H,22,27)(H,23,26). The van der Waals surface area contributed by atoms with Crippen LogP contribution in [-0.2, 0) is 9.59 Å². The molecule has 1 heterocycles. The first-order valence-corrected chi connectivity index (χ1v) is 9.69. The Bertz CT molecular complexity index is 644. The van der Waals surface area contributed by atoms with Crippen molar-refractivity contribution in [3.63, 3.8) is 0 Å². The quantitative estimate of drug-likeness (QED) is 0.752. The van der Waals surface area contributed by atoms with Gasteiger partial charge in [0.2, 0.25) is 11.8 Å². The third kappa shape index (κ3) is 6.70. The Morgan fingerprint density at radius 3 is 2.30 bits per heavy atom. The summed E-state index contributed by atoms with van der Waals surface area (Å²) in [5, 5.41) is 5.92. The minimum atomic E-state index is -0.407. The van der Waals surface area contributed by atoms with Crippen LogP contribution in [0.3, 0.4) is 0 Å². The highest BCUT2D eigenvalue weighted by Gasteiger charge is 2.24. The Morgan fingerprint density at radius 1 is 1.07 bits per heavy atom. The van der Waals surface area contributed by atoms with Crippen LogP contribution >= 0.6 is 0 Å². The molecule has 6 heteroatoms. The molecule has 0 spiro atoms. The van der Waals surface area contributed by atoms with E-state index in [0.29, 0.717) is 38.0 Å². The van der Waals surface area contributed by atoms with Gasteiger partial charge in [-0.1, -0.05) is 39.0 Å². The summed E-state index contributed by atoms with van der Waals surface area (Å²) in [6.07, 6.45) is 2.62. The molecule has 1 aromatic carbocycles. The molecule has 0 aliphatic carbocycles. The number of hydrogen-bond acceptors (Lipinski definition) is 3. The lowest BCUT2D eigenvalue weighted by molar-refractivity contribution is -0.133. The van der Waals surface area contributed by atoms with Crippen molar-refractivity contribution >= 4 is 17.7 Å². The van der Waals surface area contributed by atoms with Crippen molar-refractivity contribution in [3.8, 4) is 0 Å². The fourth-order valence-corrected chi connectivity index (χ4v) is 3.00. The van der Waals surface area contributed by atoms with E-state index in [-0.39, 0.29) is 23.8 Å². The van der Waals surface area contributed by atoms with Crippen LogP contribution in [0.15, 0.2) is 30.3 Å². The minimum absolute atomic E-state index is 0.00456. The monoisotopic (exact) mass is 373 g/mol. The molecule has 6 nitrogen and oxygen atoms in total. The van der Waals surface area contributed by atoms with Crippen LogP contribution < -0.4 is 10.6 Å². The van der Waals surface area contributed by atoms with Gasteiger partial charge in [-0.15, -0.1) is 0 Å². The summed E-state index contributed by atoms with van der Waals surface area (Å²) in [6, 6.07) is 9.28. The maximum atomic E-state index is 12.3. The third-order valence-corrected chi connectivity index (χ3v) is 4.75. The average Bonchev–Trinajstić information content (AvgIpc) is 2.65. The van der Waals surface area contributed by atoms with Crippen LogP contribution in [-0.4, -0.2) is 48.3 Å². The molecule has 0 aromatic heterocycles. The molecule has 0 unspecified atom stereocenters. The highest BCUT2D eigenvalue weighted by atomic mass is 16.2. The lowest BCUT2D eigenvalue weighted by Gasteiger charge is -2.32. The van der Waals surface area contributed by atoms with Gasteiger partial charge < -0.3 is 15.5 Å². The van der Waals surface area contributed by atoms with Gasteiger partial charge in [-0.05, 0) is 31.4 Å². The van der Waals surface area contributed by atoms with E-state index in [1.165, 1.54) is 0 Å². The van der Waals surface area contributed by atoms with Gasteiger partial charge in [-0.25, -0.2) is 0 Å². The largest absolute Gasteiger partial charge is 0.356 e. The number of benzene rings is 1. The van der Waals surface area contributed by atoms with Crippen molar-refractivity contribution in [1.29, 1.82) is 0 Å². The molecule has 0 radical (unpaired) electrons. The normalized spacial score (nSPS) is 15.3. The summed E-state index contributed by atoms with van der Waals surface area (Å²) in [6.45, 7) is 7.45. The molecule has 3 amide bonds. The molecule has 2 rings (SSSR count). The number of nitrogens with one attached hydrogen (secondary N) is 2. The summed E-state index contributed by atoms with van der Waals surface area (Å²) >= 11 is 0. The van der Waals surface area contributed by atoms with Crippen molar-refractivity contribution in [3.05, 3.63) is 35.9 Å². The molecule has 27 heavy (non-hydrogen) atoms. The second-order valence-electron chi connectivity index (χ2n) is 8.10. The van der Waals surface area contributed by atoms with E-state index in [0.717, 1.165) is 12.8 Å². The predicted molar refractivity (Wildman–Crippen MR) is 105 cm³/mol. The SMILES string of the molecule is CC(C)(C)C(=O)NCCCC(=O)N1CCC(NC(=O)c2ccccc2)CC1. The zero-order chi connectivity index (χ0) is 19.9. The average molecular weight is 373 g/mol. The van der Waals surface area contributed by atoms with E-state index in [2.05, 4.69) is 10.6 Å². The van der Waals surface area contributed by atoms with Crippen molar-refractivity contribution in [2.45, 2.75) is 52.5 Å². The maximum absolute atomic E-state index is 12.3. The van der Waals surface area contributed by atoms with Crippen LogP contribution in [0.5, 0.6) is 0 Å². The van der Waals surface area contributed by atoms with Crippen LogP contribution in [0.1, 0.15) is 56.8 Å². The number of amides is 3. The molecule has 0 bridgehead atoms. The number of carbonyl (C=O) groups excluding carboxylic acids is 3. The lowest BCUT2D eigenvalue weighted by Crippen LogP contribution is -2.46. The van der Waals surface area contributed by atoms with E-state index in [9.17, 15) is 14.4 Å². The summed E-state index contributed by atoms with van der Waals surface area (Å²) in [5.74, 6) is 0.0627. The van der Waals surface area contributed by atoms with E-state index in [1.807, 2.05) is 43.9 Å². The summed E-state index contributed by atoms with van der Waals surface area (Å²) < 4.78 is 0. The summed E-state index contributed by atoms with van der Waals surface area (Å²) in [7, 11) is 0. The first kappa shape index (κ1) is 20.9. The third-order valence-electron chi connectivity index (χ3n) is 4.75. The molecule has 1 aromatic rings. The van der Waals surface area contributed by atoms with Gasteiger partial charge >= 0.3 is 0 Å². The number of piperidine rings is 1. The second-order valence-corrected chi connectivity index (χ2v) is 8.10. The second kappa shape index (κ2) is 9.53. The molecule has 1 aliphatic heterocycles. The molecule has 0 atom stereocenters. The van der Waals surface area contributed by atoms with Crippen LogP contribution in [0.2, 0.25) is 0 Å². The molecular formula is C21H31N3O3. The number of carbonyl (C=O) groups is 3. The first-order valence-electron chi connectivity index (χ1n) is 9.69. The zero-order valence-corrected chi connectivity index (χ0v) is 16.6. The Labute approximate surface area is 161 Å². The van der Waals surface area contributed by atoms with Crippen molar-refractivity contribution in [2.24, 2.45) is 5.41 Å². The summed E-state index contributed by atoms with van der Waals surface area (Å²) in [5.41, 5.74) is 0.254. The molecule has 148 valence electrons. The molecule has 0 saturated carbocycles. The fourth-order valence-electron chi connectivity index (χ4n) is 3.00. The van der Waals surface area contributed by atoms with Gasteiger partial charge in [-0.3, -0.25) is 14.4 Å². The molecule has 1 aliphatic rings. The highest BCUT2D eigenvalue weighted by molar-refractivity contribution is 5.94. The topological polar surface area (TPSA) is 78.5 Å². The van der Waals surface area contributed by atoms with E-state index in [4.69, 9.17) is 0 Å². The number of nitrogens with zero attached hydrogens (tertiary/aromatic N) is 1. The molecular weight excluding hydrogens is 342 g/mol. The van der Waals surface area contributed by atoms with Crippen LogP contribution in [0.25, 0.3) is 0 Å². The highest BCUT2D eigenvalue weighted by Crippen LogP contribution is 2.14. The Kier molecular flexibility index (Phi) is 7.39. The number of likely N-dealkylation sites (tertiary alicyclic amines) is 1. The molecule has 2 N–H and O–H groups in total. The number of rotatable bonds is 6. The van der Waals surface area contributed by atoms with Crippen LogP contribution in [0.4, 0.5) is 0 Å². The maximum Gasteiger partial charge on any atom is 0.251 e. The van der Waals surface area contributed by atoms with Crippen molar-refractivity contribution < 1.29 is 14.4 Å². The van der Waals surface area contributed by atoms with Gasteiger partial charge in [0.05, 0.1) is 0 Å². The smallest absolute Gasteiger partial charge is 0.251 e. The Morgan fingerprint density at radius 2 is 1.70 bits per heavy atom. The van der Waals surface area contributed by atoms with E-state index in [1.54, 1.807) is 12.1 Å². The fraction of sp³-hybridized carbons (Fsp3) is 0.571. The number of hydrogen-bond donors (Lipinski definition) is 2. The van der Waals surface area contributed by atoms with E-state index >= 15 is 0 Å². The van der Waals surface area contributed by atoms with Gasteiger partial charge in [0.1, 0.15) is 0 Å². The van der Waals surface area contributed by atoms with Gasteiger partial charge in [0, 0.05) is 43.1 Å². The molecule has 1 fully saturated rings. The Hall–Kier alpha value is -2.37. The summed E-state index contributed by atoms with van der Waals surface area (Å²) in [4.78, 5) is 38.2. The first-order chi connectivity index (χ1) is 12.8. The molecule has 1 saturated heterocycles. The van der Waals surface area contributed by atoms with Crippen molar-refractivity contribution in [1.82, 2.24) is 15.5 Å². The predicted octanol–water partition coefficient (Wildman–Crippen LogP) is 2.35. The van der Waals surface area contributed by atoms with Crippen LogP contribution in [0, 0.1) is 5.41 Å². The van der Waals surface area contributed by atoms with Crippen molar-refractivity contribution in [2.75, 3.05) is 19.6 Å². The lowest BCUT2D eigenvalue weighted by atomic mass is 9.96. The van der Waals surface area contributed by atoms with Gasteiger partial charge in [0.25, 0.3) is 5.91 Å². The van der Waals surface area contributed by atoms with Gasteiger partial charge in [-0.2, -0.15) is 0 Å².